The summed E-state index contributed by atoms with van der Waals surface area (Å²) < 4.78 is 0. The molecule has 0 radical (unpaired) electrons. The maximum atomic E-state index is 4.67. The molecule has 0 aromatic carbocycles. The van der Waals surface area contributed by atoms with Gasteiger partial charge in [0.1, 0.15) is 0 Å². The molecule has 0 fully saturated rings. The zero-order valence-electron chi connectivity index (χ0n) is 2.31. The summed E-state index contributed by atoms with van der Waals surface area (Å²) in [5.74, 6) is 0. The third-order valence-corrected chi connectivity index (χ3v) is 0. The van der Waals surface area contributed by atoms with Crippen molar-refractivity contribution in [2.45, 2.75) is 0 Å². The van der Waals surface area contributed by atoms with E-state index < -0.39 is 7.12 Å². The molecule has 0 bridgehead atoms. The van der Waals surface area contributed by atoms with Gasteiger partial charge in [0.15, 0.2) is 0 Å². The Morgan fingerprint density at radius 3 is 1.00 bits per heavy atom. The van der Waals surface area contributed by atoms with Crippen LogP contribution in [0.25, 0.3) is 0 Å². The van der Waals surface area contributed by atoms with Gasteiger partial charge >= 0.3 is 7.12 Å². The van der Waals surface area contributed by atoms with Crippen LogP contribution >= 0.6 is 0 Å². The van der Waals surface area contributed by atoms with Crippen LogP contribution in [0.2, 0.25) is 0 Å². The van der Waals surface area contributed by atoms with Gasteiger partial charge in [0.2, 0.25) is 0 Å². The van der Waals surface area contributed by atoms with Crippen LogP contribution in [-0.4, -0.2) is 7.12 Å². The van der Waals surface area contributed by atoms with E-state index in [1.54, 1.807) is 0 Å². The lowest BCUT2D eigenvalue weighted by molar-refractivity contribution is 1.55. The molecule has 3 nitrogen and oxygen atoms in total. The van der Waals surface area contributed by atoms with Crippen molar-refractivity contribution in [1.82, 2.24) is 0 Å². The van der Waals surface area contributed by atoms with E-state index in [1.165, 1.54) is 0 Å². The van der Waals surface area contributed by atoms with E-state index in [0.29, 0.717) is 0 Å². The van der Waals surface area contributed by atoms with Crippen LogP contribution < -0.4 is 16.9 Å². The predicted molar refractivity (Wildman–Crippen MR) is 18.3 cm³/mol. The second-order valence-electron chi connectivity index (χ2n) is 0.577. The standard InChI is InChI=1S/BH6N3/c2-1(3)4/h2-4H2. The second kappa shape index (κ2) is 1.28. The Labute approximate surface area is 25.3 Å². The zero-order chi connectivity index (χ0) is 3.58. The minimum atomic E-state index is -0.667. The Hall–Kier alpha value is -0.0551. The SMILES string of the molecule is NB(N)N. The molecule has 6 N–H and O–H groups in total. The minimum absolute atomic E-state index is 0.667. The van der Waals surface area contributed by atoms with Gasteiger partial charge < -0.3 is 16.9 Å². The topological polar surface area (TPSA) is 78.1 Å². The molecular weight excluding hydrogens is 52.8 g/mol. The molecule has 0 unspecified atom stereocenters. The van der Waals surface area contributed by atoms with E-state index in [1.807, 2.05) is 0 Å². The van der Waals surface area contributed by atoms with Gasteiger partial charge in [-0.05, 0) is 0 Å². The van der Waals surface area contributed by atoms with Gasteiger partial charge in [-0.2, -0.15) is 0 Å². The lowest BCUT2D eigenvalue weighted by atomic mass is 10.1. The maximum Gasteiger partial charge on any atom is 0.386 e. The van der Waals surface area contributed by atoms with Gasteiger partial charge in [-0.25, -0.2) is 0 Å². The van der Waals surface area contributed by atoms with E-state index in [9.17, 15) is 0 Å². The fourth-order valence-electron chi connectivity index (χ4n) is 0. The van der Waals surface area contributed by atoms with Crippen molar-refractivity contribution >= 4 is 7.12 Å². The normalized spacial score (nSPS) is 6.75. The lowest BCUT2D eigenvalue weighted by Crippen LogP contribution is -2.46. The fourth-order valence-corrected chi connectivity index (χ4v) is 0. The van der Waals surface area contributed by atoms with E-state index in [0.717, 1.165) is 0 Å². The van der Waals surface area contributed by atoms with Crippen molar-refractivity contribution in [3.8, 4) is 0 Å². The molecular formula is H6BN3. The molecule has 0 saturated heterocycles. The summed E-state index contributed by atoms with van der Waals surface area (Å²) in [5.41, 5.74) is 14.0. The Kier molecular flexibility index (Phi) is 1.27. The molecule has 0 rings (SSSR count). The fraction of sp³-hybridized carbons (Fsp3) is 0. The first-order valence-corrected chi connectivity index (χ1v) is 1.00. The monoisotopic (exact) mass is 59.1 g/mol. The van der Waals surface area contributed by atoms with Crippen molar-refractivity contribution in [3.63, 3.8) is 0 Å². The third-order valence-electron chi connectivity index (χ3n) is 0. The lowest BCUT2D eigenvalue weighted by Gasteiger charge is -1.75. The minimum Gasteiger partial charge on any atom is -0.342 e. The van der Waals surface area contributed by atoms with Gasteiger partial charge in [0.25, 0.3) is 0 Å². The molecule has 0 aliphatic rings. The van der Waals surface area contributed by atoms with E-state index in [4.69, 9.17) is 0 Å². The molecule has 0 aliphatic carbocycles. The Balaban J connectivity index is 2.32. The zero-order valence-corrected chi connectivity index (χ0v) is 2.31. The van der Waals surface area contributed by atoms with Crippen molar-refractivity contribution in [1.29, 1.82) is 0 Å². The van der Waals surface area contributed by atoms with Crippen LogP contribution in [0.15, 0.2) is 0 Å². The smallest absolute Gasteiger partial charge is 0.342 e. The highest BCUT2D eigenvalue weighted by Crippen LogP contribution is 1.06. The molecule has 0 aliphatic heterocycles. The van der Waals surface area contributed by atoms with Gasteiger partial charge in [-0.15, -0.1) is 0 Å². The summed E-state index contributed by atoms with van der Waals surface area (Å²) in [6.07, 6.45) is 0. The first kappa shape index (κ1) is 3.94. The van der Waals surface area contributed by atoms with Gasteiger partial charge in [-0.3, -0.25) is 0 Å². The second-order valence-corrected chi connectivity index (χ2v) is 0.577. The Morgan fingerprint density at radius 1 is 1.00 bits per heavy atom. The Bertz CT molecular complexity index is 8.00. The molecule has 0 heterocycles. The number of rotatable bonds is 0. The van der Waals surface area contributed by atoms with Crippen molar-refractivity contribution in [2.75, 3.05) is 0 Å². The third kappa shape index (κ3) is 573. The molecule has 4 heteroatoms. The largest absolute Gasteiger partial charge is 0.386 e. The molecule has 24 valence electrons. The highest BCUT2D eigenvalue weighted by molar-refractivity contribution is 6.47. The maximum absolute atomic E-state index is 4.67. The highest BCUT2D eigenvalue weighted by Gasteiger charge is 1.79. The van der Waals surface area contributed by atoms with Crippen LogP contribution in [0.1, 0.15) is 0 Å². The molecule has 0 amide bonds. The van der Waals surface area contributed by atoms with Crippen molar-refractivity contribution in [2.24, 2.45) is 16.9 Å². The summed E-state index contributed by atoms with van der Waals surface area (Å²) >= 11 is 0. The molecule has 0 aromatic heterocycles. The summed E-state index contributed by atoms with van der Waals surface area (Å²) in [6.45, 7) is 0. The first-order valence-electron chi connectivity index (χ1n) is 1.00. The summed E-state index contributed by atoms with van der Waals surface area (Å²) in [4.78, 5) is 0. The number of hydrogen-bond acceptors (Lipinski definition) is 3. The Morgan fingerprint density at radius 2 is 1.00 bits per heavy atom. The molecule has 0 atom stereocenters. The predicted octanol–water partition coefficient (Wildman–Crippen LogP) is -2.15. The number of hydrogen-bond donors (Lipinski definition) is 3. The van der Waals surface area contributed by atoms with Crippen LogP contribution in [0.3, 0.4) is 0 Å². The molecule has 0 spiro atoms. The van der Waals surface area contributed by atoms with E-state index in [2.05, 4.69) is 16.9 Å². The van der Waals surface area contributed by atoms with Gasteiger partial charge in [0, 0.05) is 0 Å². The van der Waals surface area contributed by atoms with Crippen molar-refractivity contribution in [3.05, 3.63) is 0 Å². The van der Waals surface area contributed by atoms with Crippen molar-refractivity contribution < 1.29 is 0 Å². The summed E-state index contributed by atoms with van der Waals surface area (Å²) in [7, 11) is -0.667. The number of nitrogens with two attached hydrogens (primary N) is 3. The van der Waals surface area contributed by atoms with Crippen LogP contribution in [0.4, 0.5) is 0 Å². The van der Waals surface area contributed by atoms with Crippen LogP contribution in [-0.2, 0) is 0 Å². The van der Waals surface area contributed by atoms with E-state index >= 15 is 0 Å². The average molecular weight is 58.9 g/mol. The van der Waals surface area contributed by atoms with E-state index in [-0.39, 0.29) is 0 Å². The summed E-state index contributed by atoms with van der Waals surface area (Å²) in [6, 6.07) is 0. The van der Waals surface area contributed by atoms with Gasteiger partial charge in [0.05, 0.1) is 0 Å². The van der Waals surface area contributed by atoms with Crippen LogP contribution in [0, 0.1) is 0 Å². The molecule has 0 aromatic rings. The molecule has 0 saturated carbocycles. The quantitative estimate of drug-likeness (QED) is 0.278. The average Bonchev–Trinajstić information content (AvgIpc) is 0.811. The highest BCUT2D eigenvalue weighted by atomic mass is 14.8. The van der Waals surface area contributed by atoms with Gasteiger partial charge in [-0.1, -0.05) is 0 Å². The summed E-state index contributed by atoms with van der Waals surface area (Å²) in [5, 5.41) is 0. The molecule has 4 heavy (non-hydrogen) atoms. The first-order chi connectivity index (χ1) is 1.73. The van der Waals surface area contributed by atoms with Crippen LogP contribution in [0.5, 0.6) is 0 Å².